The second-order valence-corrected chi connectivity index (χ2v) is 7.82. The number of carbonyl (C=O) groups is 3. The summed E-state index contributed by atoms with van der Waals surface area (Å²) < 4.78 is 0.843. The van der Waals surface area contributed by atoms with Gasteiger partial charge in [0.15, 0.2) is 0 Å². The van der Waals surface area contributed by atoms with E-state index in [-0.39, 0.29) is 30.4 Å². The van der Waals surface area contributed by atoms with Crippen molar-refractivity contribution in [2.24, 2.45) is 0 Å². The highest BCUT2D eigenvalue weighted by molar-refractivity contribution is 9.11. The summed E-state index contributed by atoms with van der Waals surface area (Å²) in [6.07, 6.45) is 0. The lowest BCUT2D eigenvalue weighted by Gasteiger charge is -2.20. The molecule has 6 nitrogen and oxygen atoms in total. The van der Waals surface area contributed by atoms with Gasteiger partial charge in [0, 0.05) is 5.54 Å². The molecule has 0 bridgehead atoms. The van der Waals surface area contributed by atoms with Gasteiger partial charge in [0.05, 0.1) is 21.8 Å². The van der Waals surface area contributed by atoms with Gasteiger partial charge in [-0.05, 0) is 48.8 Å². The van der Waals surface area contributed by atoms with Gasteiger partial charge in [0.1, 0.15) is 0 Å². The molecular weight excluding hydrogens is 358 g/mol. The first-order valence-electron chi connectivity index (χ1n) is 6.28. The van der Waals surface area contributed by atoms with E-state index >= 15 is 0 Å². The molecule has 0 fully saturated rings. The number of halogens is 1. The topological polar surface area (TPSA) is 87.3 Å². The Bertz CT molecular complexity index is 537. The normalized spacial score (nSPS) is 10.9. The number of nitrogens with one attached hydrogen (secondary N) is 3. The van der Waals surface area contributed by atoms with Crippen molar-refractivity contribution in [3.05, 3.63) is 20.8 Å². The van der Waals surface area contributed by atoms with Crippen LogP contribution < -0.4 is 16.0 Å². The fourth-order valence-corrected chi connectivity index (χ4v) is 2.69. The lowest BCUT2D eigenvalue weighted by Crippen LogP contribution is -2.47. The molecule has 116 valence electrons. The second-order valence-electron chi connectivity index (χ2n) is 5.36. The lowest BCUT2D eigenvalue weighted by molar-refractivity contribution is -0.126. The van der Waals surface area contributed by atoms with Crippen molar-refractivity contribution in [2.45, 2.75) is 26.3 Å². The zero-order valence-corrected chi connectivity index (χ0v) is 14.5. The number of hydrogen-bond acceptors (Lipinski definition) is 4. The van der Waals surface area contributed by atoms with Gasteiger partial charge in [0.2, 0.25) is 11.8 Å². The molecule has 1 aromatic rings. The highest BCUT2D eigenvalue weighted by Crippen LogP contribution is 2.21. The minimum atomic E-state index is -0.414. The van der Waals surface area contributed by atoms with E-state index in [4.69, 9.17) is 0 Å². The van der Waals surface area contributed by atoms with Gasteiger partial charge >= 0.3 is 0 Å². The van der Waals surface area contributed by atoms with Crippen molar-refractivity contribution in [2.75, 3.05) is 13.1 Å². The Morgan fingerprint density at radius 1 is 1.10 bits per heavy atom. The van der Waals surface area contributed by atoms with Gasteiger partial charge in [0.25, 0.3) is 5.91 Å². The molecule has 3 N–H and O–H groups in total. The standard InChI is InChI=1S/C13H18BrN3O3S/c1-13(2,3)17-11(19)7-15-10(18)6-16-12(20)8-4-5-9(14)21-8/h4-5H,6-7H2,1-3H3,(H,15,18)(H,16,20)(H,17,19). The lowest BCUT2D eigenvalue weighted by atomic mass is 10.1. The molecule has 0 spiro atoms. The Kier molecular flexibility index (Phi) is 6.35. The smallest absolute Gasteiger partial charge is 0.261 e. The summed E-state index contributed by atoms with van der Waals surface area (Å²) in [5, 5.41) is 7.66. The van der Waals surface area contributed by atoms with Gasteiger partial charge in [-0.15, -0.1) is 11.3 Å². The highest BCUT2D eigenvalue weighted by Gasteiger charge is 2.15. The van der Waals surface area contributed by atoms with Crippen LogP contribution in [0.3, 0.4) is 0 Å². The average Bonchev–Trinajstić information content (AvgIpc) is 2.78. The molecular formula is C13H18BrN3O3S. The van der Waals surface area contributed by atoms with Crippen molar-refractivity contribution < 1.29 is 14.4 Å². The Morgan fingerprint density at radius 2 is 1.71 bits per heavy atom. The molecule has 0 atom stereocenters. The summed E-state index contributed by atoms with van der Waals surface area (Å²) >= 11 is 4.54. The molecule has 1 rings (SSSR count). The van der Waals surface area contributed by atoms with Crippen LogP contribution >= 0.6 is 27.3 Å². The Labute approximate surface area is 135 Å². The molecule has 8 heteroatoms. The molecule has 0 aliphatic carbocycles. The van der Waals surface area contributed by atoms with Crippen LogP contribution in [0, 0.1) is 0 Å². The fraction of sp³-hybridized carbons (Fsp3) is 0.462. The summed E-state index contributed by atoms with van der Waals surface area (Å²) in [6, 6.07) is 3.43. The van der Waals surface area contributed by atoms with E-state index < -0.39 is 5.91 Å². The Morgan fingerprint density at radius 3 is 2.24 bits per heavy atom. The van der Waals surface area contributed by atoms with E-state index in [1.165, 1.54) is 11.3 Å². The molecule has 0 unspecified atom stereocenters. The van der Waals surface area contributed by atoms with Gasteiger partial charge in [-0.3, -0.25) is 14.4 Å². The predicted octanol–water partition coefficient (Wildman–Crippen LogP) is 1.27. The van der Waals surface area contributed by atoms with Crippen LogP contribution in [0.4, 0.5) is 0 Å². The molecule has 0 aromatic carbocycles. The number of hydrogen-bond donors (Lipinski definition) is 3. The maximum Gasteiger partial charge on any atom is 0.261 e. The number of rotatable bonds is 5. The van der Waals surface area contributed by atoms with Crippen molar-refractivity contribution in [1.82, 2.24) is 16.0 Å². The van der Waals surface area contributed by atoms with Gasteiger partial charge in [-0.2, -0.15) is 0 Å². The van der Waals surface area contributed by atoms with Gasteiger partial charge in [-0.1, -0.05) is 0 Å². The molecule has 1 heterocycles. The van der Waals surface area contributed by atoms with Crippen LogP contribution in [0.15, 0.2) is 15.9 Å². The van der Waals surface area contributed by atoms with Gasteiger partial charge < -0.3 is 16.0 Å². The summed E-state index contributed by atoms with van der Waals surface area (Å²) in [7, 11) is 0. The maximum absolute atomic E-state index is 11.7. The zero-order valence-electron chi connectivity index (χ0n) is 12.1. The van der Waals surface area contributed by atoms with Crippen molar-refractivity contribution in [3.8, 4) is 0 Å². The van der Waals surface area contributed by atoms with Crippen molar-refractivity contribution in [1.29, 1.82) is 0 Å². The van der Waals surface area contributed by atoms with E-state index in [9.17, 15) is 14.4 Å². The molecule has 0 saturated carbocycles. The quantitative estimate of drug-likeness (QED) is 0.723. The zero-order chi connectivity index (χ0) is 16.0. The third kappa shape index (κ3) is 7.24. The average molecular weight is 376 g/mol. The molecule has 0 aliphatic heterocycles. The SMILES string of the molecule is CC(C)(C)NC(=O)CNC(=O)CNC(=O)c1ccc(Br)s1. The van der Waals surface area contributed by atoms with E-state index in [2.05, 4.69) is 31.9 Å². The van der Waals surface area contributed by atoms with Crippen molar-refractivity contribution in [3.63, 3.8) is 0 Å². The first-order chi connectivity index (χ1) is 9.67. The van der Waals surface area contributed by atoms with Gasteiger partial charge in [-0.25, -0.2) is 0 Å². The van der Waals surface area contributed by atoms with Crippen LogP contribution in [0.25, 0.3) is 0 Å². The molecule has 0 aliphatic rings. The number of thiophene rings is 1. The van der Waals surface area contributed by atoms with Crippen LogP contribution in [0.5, 0.6) is 0 Å². The van der Waals surface area contributed by atoms with E-state index in [1.54, 1.807) is 12.1 Å². The number of amides is 3. The molecule has 0 radical (unpaired) electrons. The minimum Gasteiger partial charge on any atom is -0.350 e. The summed E-state index contributed by atoms with van der Waals surface area (Å²) in [6.45, 7) is 5.28. The van der Waals surface area contributed by atoms with Crippen LogP contribution in [-0.4, -0.2) is 36.3 Å². The van der Waals surface area contributed by atoms with Crippen LogP contribution in [0.1, 0.15) is 30.4 Å². The minimum absolute atomic E-state index is 0.115. The molecule has 21 heavy (non-hydrogen) atoms. The third-order valence-corrected chi connectivity index (χ3v) is 3.79. The highest BCUT2D eigenvalue weighted by atomic mass is 79.9. The number of carbonyl (C=O) groups excluding carboxylic acids is 3. The fourth-order valence-electron chi connectivity index (χ4n) is 1.39. The van der Waals surface area contributed by atoms with Crippen LogP contribution in [0.2, 0.25) is 0 Å². The Hall–Kier alpha value is -1.41. The molecule has 3 amide bonds. The van der Waals surface area contributed by atoms with Crippen molar-refractivity contribution >= 4 is 45.0 Å². The summed E-state index contributed by atoms with van der Waals surface area (Å²) in [5.41, 5.74) is -0.345. The first kappa shape index (κ1) is 17.6. The third-order valence-electron chi connectivity index (χ3n) is 2.17. The summed E-state index contributed by atoms with van der Waals surface area (Å²) in [4.78, 5) is 35.3. The van der Waals surface area contributed by atoms with E-state index in [1.807, 2.05) is 20.8 Å². The first-order valence-corrected chi connectivity index (χ1v) is 7.89. The Balaban J connectivity index is 2.28. The van der Waals surface area contributed by atoms with E-state index in [0.29, 0.717) is 4.88 Å². The largest absolute Gasteiger partial charge is 0.350 e. The molecule has 0 saturated heterocycles. The summed E-state index contributed by atoms with van der Waals surface area (Å²) in [5.74, 6) is -1.01. The predicted molar refractivity (Wildman–Crippen MR) is 85.3 cm³/mol. The van der Waals surface area contributed by atoms with Crippen LogP contribution in [-0.2, 0) is 9.59 Å². The van der Waals surface area contributed by atoms with E-state index in [0.717, 1.165) is 3.79 Å². The maximum atomic E-state index is 11.7. The monoisotopic (exact) mass is 375 g/mol. The molecule has 1 aromatic heterocycles. The second kappa shape index (κ2) is 7.56.